The van der Waals surface area contributed by atoms with Crippen LogP contribution in [0.15, 0.2) is 36.4 Å². The molecule has 112 valence electrons. The molecular formula is C17H19F2NO. The first-order valence-corrected chi connectivity index (χ1v) is 6.86. The van der Waals surface area contributed by atoms with E-state index >= 15 is 0 Å². The van der Waals surface area contributed by atoms with Crippen LogP contribution in [0.5, 0.6) is 5.75 Å². The summed E-state index contributed by atoms with van der Waals surface area (Å²) in [7, 11) is 1.88. The van der Waals surface area contributed by atoms with Gasteiger partial charge in [0.05, 0.1) is 0 Å². The van der Waals surface area contributed by atoms with Gasteiger partial charge < -0.3 is 10.1 Å². The van der Waals surface area contributed by atoms with Crippen molar-refractivity contribution in [2.75, 3.05) is 7.05 Å². The zero-order valence-corrected chi connectivity index (χ0v) is 12.4. The Kier molecular flexibility index (Phi) is 4.91. The Morgan fingerprint density at radius 1 is 1.10 bits per heavy atom. The van der Waals surface area contributed by atoms with Gasteiger partial charge in [-0.1, -0.05) is 23.8 Å². The number of aryl methyl sites for hydroxylation is 1. The maximum Gasteiger partial charge on any atom is 0.159 e. The van der Waals surface area contributed by atoms with Gasteiger partial charge >= 0.3 is 0 Å². The maximum atomic E-state index is 13.2. The third-order valence-corrected chi connectivity index (χ3v) is 3.44. The number of ether oxygens (including phenoxy) is 1. The molecular weight excluding hydrogens is 272 g/mol. The predicted molar refractivity (Wildman–Crippen MR) is 79.3 cm³/mol. The summed E-state index contributed by atoms with van der Waals surface area (Å²) in [6, 6.07) is 9.86. The molecule has 21 heavy (non-hydrogen) atoms. The number of hydrogen-bond acceptors (Lipinski definition) is 2. The highest BCUT2D eigenvalue weighted by Gasteiger charge is 2.11. The Morgan fingerprint density at radius 2 is 1.86 bits per heavy atom. The summed E-state index contributed by atoms with van der Waals surface area (Å²) in [5.74, 6) is -0.963. The van der Waals surface area contributed by atoms with E-state index in [1.165, 1.54) is 6.07 Å². The van der Waals surface area contributed by atoms with E-state index in [2.05, 4.69) is 11.4 Å². The van der Waals surface area contributed by atoms with E-state index in [4.69, 9.17) is 4.74 Å². The largest absolute Gasteiger partial charge is 0.489 e. The number of nitrogens with one attached hydrogen (secondary N) is 1. The first-order valence-electron chi connectivity index (χ1n) is 6.86. The minimum atomic E-state index is -0.858. The number of rotatable bonds is 5. The van der Waals surface area contributed by atoms with Crippen molar-refractivity contribution in [3.63, 3.8) is 0 Å². The topological polar surface area (TPSA) is 21.3 Å². The third-order valence-electron chi connectivity index (χ3n) is 3.44. The summed E-state index contributed by atoms with van der Waals surface area (Å²) in [6.45, 7) is 4.26. The lowest BCUT2D eigenvalue weighted by Crippen LogP contribution is -2.14. The summed E-state index contributed by atoms with van der Waals surface area (Å²) in [4.78, 5) is 0. The van der Waals surface area contributed by atoms with Crippen LogP contribution in [-0.2, 0) is 6.61 Å². The maximum absolute atomic E-state index is 13.2. The van der Waals surface area contributed by atoms with Crippen molar-refractivity contribution in [3.8, 4) is 5.75 Å². The molecule has 0 aromatic heterocycles. The van der Waals surface area contributed by atoms with Crippen LogP contribution in [0.2, 0.25) is 0 Å². The zero-order valence-electron chi connectivity index (χ0n) is 12.4. The molecule has 1 unspecified atom stereocenters. The van der Waals surface area contributed by atoms with Gasteiger partial charge in [-0.3, -0.25) is 0 Å². The molecule has 0 radical (unpaired) electrons. The molecule has 2 aromatic rings. The van der Waals surface area contributed by atoms with E-state index in [0.29, 0.717) is 5.56 Å². The second kappa shape index (κ2) is 6.68. The van der Waals surface area contributed by atoms with Crippen molar-refractivity contribution in [1.29, 1.82) is 0 Å². The summed E-state index contributed by atoms with van der Waals surface area (Å²) < 4.78 is 31.8. The lowest BCUT2D eigenvalue weighted by Gasteiger charge is -2.17. The van der Waals surface area contributed by atoms with Crippen LogP contribution in [-0.4, -0.2) is 7.05 Å². The predicted octanol–water partition coefficient (Wildman–Crippen LogP) is 4.13. The Labute approximate surface area is 123 Å². The summed E-state index contributed by atoms with van der Waals surface area (Å²) in [5.41, 5.74) is 2.78. The van der Waals surface area contributed by atoms with E-state index in [1.54, 1.807) is 0 Å². The number of benzene rings is 2. The van der Waals surface area contributed by atoms with Crippen LogP contribution in [0.25, 0.3) is 0 Å². The molecule has 0 spiro atoms. The lowest BCUT2D eigenvalue weighted by atomic mass is 10.0. The average Bonchev–Trinajstić information content (AvgIpc) is 2.48. The molecule has 1 atom stereocenters. The molecule has 0 aliphatic rings. The summed E-state index contributed by atoms with van der Waals surface area (Å²) in [5, 5.41) is 3.17. The minimum absolute atomic E-state index is 0.143. The fraction of sp³-hybridized carbons (Fsp3) is 0.294. The zero-order chi connectivity index (χ0) is 15.4. The lowest BCUT2D eigenvalue weighted by molar-refractivity contribution is 0.299. The quantitative estimate of drug-likeness (QED) is 0.894. The normalized spacial score (nSPS) is 12.2. The monoisotopic (exact) mass is 291 g/mol. The van der Waals surface area contributed by atoms with E-state index in [-0.39, 0.29) is 12.6 Å². The highest BCUT2D eigenvalue weighted by molar-refractivity contribution is 5.39. The van der Waals surface area contributed by atoms with E-state index < -0.39 is 11.6 Å². The third kappa shape index (κ3) is 3.79. The molecule has 0 aliphatic heterocycles. The molecule has 0 saturated carbocycles. The van der Waals surface area contributed by atoms with Gasteiger partial charge in [-0.05, 0) is 44.7 Å². The van der Waals surface area contributed by atoms with Gasteiger partial charge in [-0.2, -0.15) is 0 Å². The van der Waals surface area contributed by atoms with E-state index in [0.717, 1.165) is 29.0 Å². The molecule has 0 fully saturated rings. The van der Waals surface area contributed by atoms with Gasteiger partial charge in [0.25, 0.3) is 0 Å². The highest BCUT2D eigenvalue weighted by atomic mass is 19.2. The van der Waals surface area contributed by atoms with Gasteiger partial charge in [0.2, 0.25) is 0 Å². The van der Waals surface area contributed by atoms with Crippen LogP contribution in [0.1, 0.15) is 29.7 Å². The van der Waals surface area contributed by atoms with Gasteiger partial charge in [0, 0.05) is 11.6 Å². The van der Waals surface area contributed by atoms with E-state index in [1.807, 2.05) is 33.0 Å². The van der Waals surface area contributed by atoms with Crippen LogP contribution < -0.4 is 10.1 Å². The average molecular weight is 291 g/mol. The van der Waals surface area contributed by atoms with Crippen molar-refractivity contribution in [1.82, 2.24) is 5.32 Å². The van der Waals surface area contributed by atoms with Crippen LogP contribution in [0.4, 0.5) is 8.78 Å². The SMILES string of the molecule is CNC(C)c1cc(C)ccc1OCc1ccc(F)c(F)c1. The van der Waals surface area contributed by atoms with Crippen LogP contribution in [0, 0.1) is 18.6 Å². The molecule has 0 aliphatic carbocycles. The first kappa shape index (κ1) is 15.4. The Hall–Kier alpha value is -1.94. The van der Waals surface area contributed by atoms with Gasteiger partial charge in [0.15, 0.2) is 11.6 Å². The molecule has 4 heteroatoms. The highest BCUT2D eigenvalue weighted by Crippen LogP contribution is 2.27. The fourth-order valence-electron chi connectivity index (χ4n) is 2.08. The van der Waals surface area contributed by atoms with Crippen LogP contribution in [0.3, 0.4) is 0 Å². The molecule has 0 heterocycles. The van der Waals surface area contributed by atoms with Gasteiger partial charge in [-0.25, -0.2) is 8.78 Å². The Morgan fingerprint density at radius 3 is 2.52 bits per heavy atom. The van der Waals surface area contributed by atoms with Crippen molar-refractivity contribution < 1.29 is 13.5 Å². The molecule has 0 bridgehead atoms. The fourth-order valence-corrected chi connectivity index (χ4v) is 2.08. The van der Waals surface area contributed by atoms with E-state index in [9.17, 15) is 8.78 Å². The van der Waals surface area contributed by atoms with Crippen LogP contribution >= 0.6 is 0 Å². The summed E-state index contributed by atoms with van der Waals surface area (Å²) in [6.07, 6.45) is 0. The molecule has 1 N–H and O–H groups in total. The number of halogens is 2. The van der Waals surface area contributed by atoms with Gasteiger partial charge in [-0.15, -0.1) is 0 Å². The summed E-state index contributed by atoms with van der Waals surface area (Å²) >= 11 is 0. The molecule has 0 amide bonds. The molecule has 2 rings (SSSR count). The van der Waals surface area contributed by atoms with Crippen molar-refractivity contribution >= 4 is 0 Å². The second-order valence-corrected chi connectivity index (χ2v) is 5.09. The smallest absolute Gasteiger partial charge is 0.159 e. The molecule has 0 saturated heterocycles. The Bertz CT molecular complexity index is 628. The van der Waals surface area contributed by atoms with Gasteiger partial charge in [0.1, 0.15) is 12.4 Å². The van der Waals surface area contributed by atoms with Crippen molar-refractivity contribution in [2.45, 2.75) is 26.5 Å². The molecule has 2 nitrogen and oxygen atoms in total. The second-order valence-electron chi connectivity index (χ2n) is 5.09. The number of hydrogen-bond donors (Lipinski definition) is 1. The van der Waals surface area contributed by atoms with Crippen molar-refractivity contribution in [3.05, 3.63) is 64.7 Å². The first-order chi connectivity index (χ1) is 10.0. The minimum Gasteiger partial charge on any atom is -0.489 e. The molecule has 2 aromatic carbocycles. The standard InChI is InChI=1S/C17H19F2NO/c1-11-4-7-17(14(8-11)12(2)20-3)21-10-13-5-6-15(18)16(19)9-13/h4-9,12,20H,10H2,1-3H3. The Balaban J connectivity index is 2.17. The van der Waals surface area contributed by atoms with Crippen molar-refractivity contribution in [2.24, 2.45) is 0 Å².